The monoisotopic (exact) mass is 411 g/mol. The standard InChI is InChI=1S/C22H26FN5S/c1-16-7-12-29-19(16)13-27-10-8-22(9-11-27)15-26(2)14-20-24-25-21(28(20)22)17-3-5-18(23)6-4-17/h3-7,12H,8-11,13-15H2,1-2H3. The van der Waals surface area contributed by atoms with E-state index >= 15 is 0 Å². The molecule has 0 N–H and O–H groups in total. The van der Waals surface area contributed by atoms with Gasteiger partial charge in [0.25, 0.3) is 0 Å². The summed E-state index contributed by atoms with van der Waals surface area (Å²) in [6.07, 6.45) is 2.14. The van der Waals surface area contributed by atoms with E-state index in [1.807, 2.05) is 23.5 Å². The van der Waals surface area contributed by atoms with E-state index in [1.54, 1.807) is 0 Å². The highest BCUT2D eigenvalue weighted by Gasteiger charge is 2.43. The van der Waals surface area contributed by atoms with Crippen molar-refractivity contribution in [2.45, 2.75) is 38.4 Å². The summed E-state index contributed by atoms with van der Waals surface area (Å²) in [6.45, 7) is 7.16. The van der Waals surface area contributed by atoms with Crippen molar-refractivity contribution >= 4 is 11.3 Å². The molecular formula is C22H26FN5S. The van der Waals surface area contributed by atoms with Crippen molar-refractivity contribution in [1.82, 2.24) is 24.6 Å². The quantitative estimate of drug-likeness (QED) is 0.655. The number of benzene rings is 1. The van der Waals surface area contributed by atoms with Gasteiger partial charge in [0.05, 0.1) is 12.1 Å². The Morgan fingerprint density at radius 3 is 2.55 bits per heavy atom. The molecule has 152 valence electrons. The van der Waals surface area contributed by atoms with Crippen LogP contribution in [-0.2, 0) is 18.6 Å². The van der Waals surface area contributed by atoms with E-state index in [1.165, 1.54) is 22.6 Å². The molecule has 4 heterocycles. The van der Waals surface area contributed by atoms with Crippen molar-refractivity contribution in [3.8, 4) is 11.4 Å². The molecule has 5 rings (SSSR count). The van der Waals surface area contributed by atoms with Gasteiger partial charge in [0, 0.05) is 36.6 Å². The molecule has 3 aromatic rings. The van der Waals surface area contributed by atoms with Crippen molar-refractivity contribution in [3.63, 3.8) is 0 Å². The first-order valence-corrected chi connectivity index (χ1v) is 11.1. The molecular weight excluding hydrogens is 385 g/mol. The number of hydrogen-bond acceptors (Lipinski definition) is 5. The third kappa shape index (κ3) is 3.41. The fourth-order valence-electron chi connectivity index (χ4n) is 4.85. The van der Waals surface area contributed by atoms with Crippen LogP contribution < -0.4 is 0 Å². The number of thiophene rings is 1. The Labute approximate surface area is 174 Å². The number of nitrogens with zero attached hydrogens (tertiary/aromatic N) is 5. The number of halogens is 1. The molecule has 1 fully saturated rings. The predicted molar refractivity (Wildman–Crippen MR) is 113 cm³/mol. The maximum Gasteiger partial charge on any atom is 0.164 e. The molecule has 0 atom stereocenters. The van der Waals surface area contributed by atoms with Crippen LogP contribution in [0, 0.1) is 12.7 Å². The Morgan fingerprint density at radius 2 is 1.86 bits per heavy atom. The molecule has 7 heteroatoms. The van der Waals surface area contributed by atoms with Crippen molar-refractivity contribution in [2.24, 2.45) is 0 Å². The predicted octanol–water partition coefficient (Wildman–Crippen LogP) is 3.89. The number of piperidine rings is 1. The highest BCUT2D eigenvalue weighted by molar-refractivity contribution is 7.10. The average molecular weight is 412 g/mol. The van der Waals surface area contributed by atoms with Crippen molar-refractivity contribution in [3.05, 3.63) is 57.8 Å². The lowest BCUT2D eigenvalue weighted by Gasteiger charge is -2.48. The molecule has 1 spiro atoms. The minimum atomic E-state index is -0.223. The third-order valence-corrected chi connectivity index (χ3v) is 7.41. The van der Waals surface area contributed by atoms with E-state index in [-0.39, 0.29) is 11.4 Å². The maximum atomic E-state index is 13.4. The van der Waals surface area contributed by atoms with Crippen molar-refractivity contribution < 1.29 is 4.39 Å². The number of hydrogen-bond donors (Lipinski definition) is 0. The topological polar surface area (TPSA) is 37.2 Å². The largest absolute Gasteiger partial charge is 0.302 e. The van der Waals surface area contributed by atoms with Gasteiger partial charge in [-0.15, -0.1) is 21.5 Å². The highest BCUT2D eigenvalue weighted by atomic mass is 32.1. The van der Waals surface area contributed by atoms with Gasteiger partial charge in [-0.2, -0.15) is 0 Å². The highest BCUT2D eigenvalue weighted by Crippen LogP contribution is 2.39. The fraction of sp³-hybridized carbons (Fsp3) is 0.455. The number of likely N-dealkylation sites (N-methyl/N-ethyl adjacent to an activating group) is 1. The Morgan fingerprint density at radius 1 is 1.10 bits per heavy atom. The van der Waals surface area contributed by atoms with Crippen LogP contribution in [-0.4, -0.2) is 51.2 Å². The summed E-state index contributed by atoms with van der Waals surface area (Å²) >= 11 is 1.86. The summed E-state index contributed by atoms with van der Waals surface area (Å²) in [7, 11) is 2.17. The maximum absolute atomic E-state index is 13.4. The van der Waals surface area contributed by atoms with E-state index in [0.717, 1.165) is 62.8 Å². The van der Waals surface area contributed by atoms with Crippen LogP contribution in [0.5, 0.6) is 0 Å². The van der Waals surface area contributed by atoms with Gasteiger partial charge in [-0.05, 0) is 68.1 Å². The van der Waals surface area contributed by atoms with Crippen LogP contribution in [0.25, 0.3) is 11.4 Å². The molecule has 0 amide bonds. The third-order valence-electron chi connectivity index (χ3n) is 6.40. The van der Waals surface area contributed by atoms with Crippen molar-refractivity contribution in [2.75, 3.05) is 26.7 Å². The van der Waals surface area contributed by atoms with Gasteiger partial charge in [-0.25, -0.2) is 4.39 Å². The average Bonchev–Trinajstić information content (AvgIpc) is 3.31. The Hall–Kier alpha value is -2.09. The van der Waals surface area contributed by atoms with Crippen molar-refractivity contribution in [1.29, 1.82) is 0 Å². The number of fused-ring (bicyclic) bond motifs is 2. The second-order valence-corrected chi connectivity index (χ2v) is 9.48. The van der Waals surface area contributed by atoms with E-state index in [4.69, 9.17) is 0 Å². The minimum absolute atomic E-state index is 0.00343. The van der Waals surface area contributed by atoms with E-state index in [2.05, 4.69) is 50.0 Å². The zero-order chi connectivity index (χ0) is 20.0. The summed E-state index contributed by atoms with van der Waals surface area (Å²) in [5.74, 6) is 1.66. The zero-order valence-electron chi connectivity index (χ0n) is 16.9. The van der Waals surface area contributed by atoms with Gasteiger partial charge in [-0.3, -0.25) is 9.80 Å². The van der Waals surface area contributed by atoms with Crippen LogP contribution in [0.3, 0.4) is 0 Å². The zero-order valence-corrected chi connectivity index (χ0v) is 17.8. The molecule has 2 aliphatic heterocycles. The lowest BCUT2D eigenvalue weighted by atomic mass is 9.84. The van der Waals surface area contributed by atoms with Gasteiger partial charge >= 0.3 is 0 Å². The first-order valence-electron chi connectivity index (χ1n) is 10.2. The smallest absolute Gasteiger partial charge is 0.164 e. The lowest BCUT2D eigenvalue weighted by molar-refractivity contribution is 0.0493. The Kier molecular flexibility index (Phi) is 4.76. The van der Waals surface area contributed by atoms with E-state index in [9.17, 15) is 4.39 Å². The summed E-state index contributed by atoms with van der Waals surface area (Å²) in [5, 5.41) is 11.2. The normalized spacial score (nSPS) is 19.6. The first-order chi connectivity index (χ1) is 14.0. The minimum Gasteiger partial charge on any atom is -0.302 e. The van der Waals surface area contributed by atoms with Crippen LogP contribution in [0.1, 0.15) is 29.1 Å². The van der Waals surface area contributed by atoms with Gasteiger partial charge in [0.1, 0.15) is 11.6 Å². The van der Waals surface area contributed by atoms with Crippen LogP contribution in [0.2, 0.25) is 0 Å². The molecule has 0 radical (unpaired) electrons. The Balaban J connectivity index is 1.44. The Bertz CT molecular complexity index is 1000. The summed E-state index contributed by atoms with van der Waals surface area (Å²) < 4.78 is 15.8. The van der Waals surface area contributed by atoms with E-state index in [0.29, 0.717) is 0 Å². The molecule has 0 bridgehead atoms. The molecule has 29 heavy (non-hydrogen) atoms. The molecule has 1 saturated heterocycles. The van der Waals surface area contributed by atoms with Crippen LogP contribution >= 0.6 is 11.3 Å². The van der Waals surface area contributed by atoms with E-state index < -0.39 is 0 Å². The molecule has 1 aromatic carbocycles. The van der Waals surface area contributed by atoms with Gasteiger partial charge < -0.3 is 4.57 Å². The lowest BCUT2D eigenvalue weighted by Crippen LogP contribution is -2.55. The number of aryl methyl sites for hydroxylation is 1. The number of likely N-dealkylation sites (tertiary alicyclic amines) is 1. The second-order valence-electron chi connectivity index (χ2n) is 8.48. The van der Waals surface area contributed by atoms with Gasteiger partial charge in [-0.1, -0.05) is 0 Å². The van der Waals surface area contributed by atoms with Crippen LogP contribution in [0.15, 0.2) is 35.7 Å². The molecule has 5 nitrogen and oxygen atoms in total. The summed E-state index contributed by atoms with van der Waals surface area (Å²) in [6, 6.07) is 8.84. The molecule has 0 unspecified atom stereocenters. The van der Waals surface area contributed by atoms with Gasteiger partial charge in [0.15, 0.2) is 5.82 Å². The fourth-order valence-corrected chi connectivity index (χ4v) is 5.80. The molecule has 0 aliphatic carbocycles. The molecule has 2 aliphatic rings. The number of rotatable bonds is 3. The molecule has 2 aromatic heterocycles. The van der Waals surface area contributed by atoms with Crippen LogP contribution in [0.4, 0.5) is 4.39 Å². The number of aromatic nitrogens is 3. The van der Waals surface area contributed by atoms with Gasteiger partial charge in [0.2, 0.25) is 0 Å². The SMILES string of the molecule is Cc1ccsc1CN1CCC2(CC1)CN(C)Cc1nnc(-c3ccc(F)cc3)n12. The molecule has 0 saturated carbocycles. The summed E-state index contributed by atoms with van der Waals surface area (Å²) in [4.78, 5) is 6.40. The second kappa shape index (κ2) is 7.31. The summed E-state index contributed by atoms with van der Waals surface area (Å²) in [5.41, 5.74) is 2.33. The first kappa shape index (κ1) is 18.9.